The van der Waals surface area contributed by atoms with Crippen molar-refractivity contribution < 1.29 is 9.59 Å². The second-order valence-electron chi connectivity index (χ2n) is 3.98. The van der Waals surface area contributed by atoms with Crippen molar-refractivity contribution in [3.8, 4) is 0 Å². The first kappa shape index (κ1) is 9.99. The van der Waals surface area contributed by atoms with E-state index in [1.807, 2.05) is 0 Å². The fourth-order valence-electron chi connectivity index (χ4n) is 2.02. The Bertz CT molecular complexity index is 497. The van der Waals surface area contributed by atoms with Gasteiger partial charge in [0.2, 0.25) is 0 Å². The van der Waals surface area contributed by atoms with E-state index in [-0.39, 0.29) is 17.9 Å². The highest BCUT2D eigenvalue weighted by Gasteiger charge is 2.41. The summed E-state index contributed by atoms with van der Waals surface area (Å²) < 4.78 is 0.820. The molecule has 2 aliphatic rings. The van der Waals surface area contributed by atoms with E-state index in [0.717, 1.165) is 4.47 Å². The summed E-state index contributed by atoms with van der Waals surface area (Å²) in [4.78, 5) is 25.4. The Morgan fingerprint density at radius 3 is 2.50 bits per heavy atom. The molecule has 1 fully saturated rings. The average molecular weight is 281 g/mol. The van der Waals surface area contributed by atoms with E-state index >= 15 is 0 Å². The van der Waals surface area contributed by atoms with Crippen LogP contribution in [0.2, 0.25) is 0 Å². The molecule has 0 aromatic heterocycles. The van der Waals surface area contributed by atoms with Gasteiger partial charge in [0.25, 0.3) is 11.8 Å². The highest BCUT2D eigenvalue weighted by atomic mass is 79.9. The number of carbonyl (C=O) groups is 2. The zero-order valence-corrected chi connectivity index (χ0v) is 9.95. The number of halogens is 1. The molecule has 0 unspecified atom stereocenters. The van der Waals surface area contributed by atoms with Crippen LogP contribution in [0.15, 0.2) is 22.7 Å². The largest absolute Gasteiger partial charge is 0.313 e. The summed E-state index contributed by atoms with van der Waals surface area (Å²) in [7, 11) is 0. The van der Waals surface area contributed by atoms with E-state index < -0.39 is 0 Å². The lowest BCUT2D eigenvalue weighted by Gasteiger charge is -2.33. The first-order valence-electron chi connectivity index (χ1n) is 5.06. The Labute approximate surface area is 101 Å². The zero-order chi connectivity index (χ0) is 11.3. The molecule has 4 nitrogen and oxygen atoms in total. The van der Waals surface area contributed by atoms with Crippen LogP contribution in [0, 0.1) is 0 Å². The summed E-state index contributed by atoms with van der Waals surface area (Å²) in [6, 6.07) is 5.21. The van der Waals surface area contributed by atoms with Crippen LogP contribution in [0.3, 0.4) is 0 Å². The van der Waals surface area contributed by atoms with Gasteiger partial charge < -0.3 is 5.32 Å². The van der Waals surface area contributed by atoms with Crippen LogP contribution in [0.4, 0.5) is 0 Å². The monoisotopic (exact) mass is 280 g/mol. The molecule has 0 aliphatic carbocycles. The molecular weight excluding hydrogens is 272 g/mol. The fourth-order valence-corrected chi connectivity index (χ4v) is 2.38. The SMILES string of the molecule is O=C1c2ccc(Br)cc2C(=O)N1C1CNC1. The molecule has 1 aromatic carbocycles. The Kier molecular flexibility index (Phi) is 2.12. The Hall–Kier alpha value is -1.20. The van der Waals surface area contributed by atoms with E-state index in [1.165, 1.54) is 4.90 Å². The third kappa shape index (κ3) is 1.25. The molecule has 2 amide bonds. The van der Waals surface area contributed by atoms with Crippen molar-refractivity contribution in [1.29, 1.82) is 0 Å². The van der Waals surface area contributed by atoms with Gasteiger partial charge in [0.05, 0.1) is 17.2 Å². The van der Waals surface area contributed by atoms with Crippen LogP contribution in [-0.2, 0) is 0 Å². The molecule has 2 heterocycles. The molecule has 0 spiro atoms. The van der Waals surface area contributed by atoms with E-state index in [4.69, 9.17) is 0 Å². The summed E-state index contributed by atoms with van der Waals surface area (Å²) in [6.07, 6.45) is 0. The summed E-state index contributed by atoms with van der Waals surface area (Å²) in [5, 5.41) is 3.06. The van der Waals surface area contributed by atoms with E-state index in [1.54, 1.807) is 18.2 Å². The van der Waals surface area contributed by atoms with Gasteiger partial charge in [0.15, 0.2) is 0 Å². The summed E-state index contributed by atoms with van der Waals surface area (Å²) in [6.45, 7) is 1.40. The minimum atomic E-state index is -0.173. The van der Waals surface area contributed by atoms with Gasteiger partial charge in [-0.15, -0.1) is 0 Å². The smallest absolute Gasteiger partial charge is 0.261 e. The molecule has 2 aliphatic heterocycles. The molecule has 1 saturated heterocycles. The minimum absolute atomic E-state index is 0.0196. The maximum Gasteiger partial charge on any atom is 0.261 e. The quantitative estimate of drug-likeness (QED) is 0.782. The summed E-state index contributed by atoms with van der Waals surface area (Å²) >= 11 is 3.31. The maximum absolute atomic E-state index is 12.1. The third-order valence-electron chi connectivity index (χ3n) is 3.01. The second-order valence-corrected chi connectivity index (χ2v) is 4.90. The third-order valence-corrected chi connectivity index (χ3v) is 3.50. The molecule has 82 valence electrons. The Balaban J connectivity index is 2.05. The first-order chi connectivity index (χ1) is 7.68. The zero-order valence-electron chi connectivity index (χ0n) is 8.37. The number of amides is 2. The van der Waals surface area contributed by atoms with Crippen LogP contribution in [0.5, 0.6) is 0 Å². The summed E-state index contributed by atoms with van der Waals surface area (Å²) in [5.74, 6) is -0.341. The van der Waals surface area contributed by atoms with Gasteiger partial charge in [-0.2, -0.15) is 0 Å². The van der Waals surface area contributed by atoms with Crippen LogP contribution in [-0.4, -0.2) is 35.8 Å². The van der Waals surface area contributed by atoms with Crippen molar-refractivity contribution in [2.24, 2.45) is 0 Å². The number of nitrogens with zero attached hydrogens (tertiary/aromatic N) is 1. The normalized spacial score (nSPS) is 19.9. The molecule has 0 saturated carbocycles. The number of hydrogen-bond donors (Lipinski definition) is 1. The summed E-state index contributed by atoms with van der Waals surface area (Å²) in [5.41, 5.74) is 1.02. The van der Waals surface area contributed by atoms with Gasteiger partial charge in [-0.1, -0.05) is 15.9 Å². The van der Waals surface area contributed by atoms with Gasteiger partial charge in [-0.25, -0.2) is 0 Å². The predicted octanol–water partition coefficient (Wildman–Crippen LogP) is 1.02. The van der Waals surface area contributed by atoms with Gasteiger partial charge in [0, 0.05) is 17.6 Å². The van der Waals surface area contributed by atoms with Crippen molar-refractivity contribution in [3.63, 3.8) is 0 Å². The van der Waals surface area contributed by atoms with Crippen molar-refractivity contribution in [1.82, 2.24) is 10.2 Å². The lowest BCUT2D eigenvalue weighted by Crippen LogP contribution is -2.58. The van der Waals surface area contributed by atoms with E-state index in [9.17, 15) is 9.59 Å². The van der Waals surface area contributed by atoms with E-state index in [0.29, 0.717) is 24.2 Å². The highest BCUT2D eigenvalue weighted by Crippen LogP contribution is 2.28. The number of fused-ring (bicyclic) bond motifs is 1. The number of hydrogen-bond acceptors (Lipinski definition) is 3. The van der Waals surface area contributed by atoms with Gasteiger partial charge in [-0.3, -0.25) is 14.5 Å². The molecule has 1 N–H and O–H groups in total. The molecule has 0 radical (unpaired) electrons. The van der Waals surface area contributed by atoms with Crippen molar-refractivity contribution >= 4 is 27.7 Å². The number of carbonyl (C=O) groups excluding carboxylic acids is 2. The molecule has 3 rings (SSSR count). The highest BCUT2D eigenvalue weighted by molar-refractivity contribution is 9.10. The molecule has 1 aromatic rings. The predicted molar refractivity (Wildman–Crippen MR) is 61.3 cm³/mol. The van der Waals surface area contributed by atoms with Crippen LogP contribution in [0.1, 0.15) is 20.7 Å². The van der Waals surface area contributed by atoms with Crippen molar-refractivity contribution in [3.05, 3.63) is 33.8 Å². The van der Waals surface area contributed by atoms with E-state index in [2.05, 4.69) is 21.2 Å². The Morgan fingerprint density at radius 1 is 1.19 bits per heavy atom. The molecule has 16 heavy (non-hydrogen) atoms. The molecule has 0 bridgehead atoms. The van der Waals surface area contributed by atoms with Gasteiger partial charge in [-0.05, 0) is 18.2 Å². The van der Waals surface area contributed by atoms with Crippen LogP contribution in [0.25, 0.3) is 0 Å². The lowest BCUT2D eigenvalue weighted by atomic mass is 10.1. The number of nitrogens with one attached hydrogen (secondary N) is 1. The molecule has 5 heteroatoms. The van der Waals surface area contributed by atoms with Gasteiger partial charge in [0.1, 0.15) is 0 Å². The second kappa shape index (κ2) is 3.40. The standard InChI is InChI=1S/C11H9BrN2O2/c12-6-1-2-8-9(3-6)11(16)14(10(8)15)7-4-13-5-7/h1-3,7,13H,4-5H2. The number of benzene rings is 1. The maximum atomic E-state index is 12.1. The fraction of sp³-hybridized carbons (Fsp3) is 0.273. The Morgan fingerprint density at radius 2 is 1.88 bits per heavy atom. The first-order valence-corrected chi connectivity index (χ1v) is 5.86. The van der Waals surface area contributed by atoms with Gasteiger partial charge >= 0.3 is 0 Å². The van der Waals surface area contributed by atoms with Crippen LogP contribution < -0.4 is 5.32 Å². The van der Waals surface area contributed by atoms with Crippen molar-refractivity contribution in [2.45, 2.75) is 6.04 Å². The minimum Gasteiger partial charge on any atom is -0.313 e. The van der Waals surface area contributed by atoms with Crippen molar-refractivity contribution in [2.75, 3.05) is 13.1 Å². The lowest BCUT2D eigenvalue weighted by molar-refractivity contribution is 0.0534. The number of rotatable bonds is 1. The number of imide groups is 1. The van der Waals surface area contributed by atoms with Crippen LogP contribution >= 0.6 is 15.9 Å². The topological polar surface area (TPSA) is 49.4 Å². The average Bonchev–Trinajstić information content (AvgIpc) is 2.41. The molecular formula is C11H9BrN2O2. The molecule has 0 atom stereocenters.